The molecule has 1 saturated heterocycles. The van der Waals surface area contributed by atoms with Crippen LogP contribution in [-0.2, 0) is 9.53 Å². The number of carbonyl (C=O) groups is 1. The van der Waals surface area contributed by atoms with E-state index in [1.165, 1.54) is 6.42 Å². The molecule has 0 aromatic heterocycles. The van der Waals surface area contributed by atoms with Gasteiger partial charge in [-0.1, -0.05) is 27.7 Å². The molecule has 112 valence electrons. The fraction of sp³-hybridized carbons (Fsp3) is 0.933. The monoisotopic (exact) mass is 270 g/mol. The lowest BCUT2D eigenvalue weighted by Crippen LogP contribution is -2.47. The number of carbonyl (C=O) groups excluding carboxylic acids is 1. The van der Waals surface area contributed by atoms with E-state index in [1.807, 2.05) is 0 Å². The van der Waals surface area contributed by atoms with Gasteiger partial charge < -0.3 is 15.4 Å². The second-order valence-corrected chi connectivity index (χ2v) is 6.49. The van der Waals surface area contributed by atoms with Gasteiger partial charge in [0.05, 0.1) is 6.61 Å². The first-order valence-corrected chi connectivity index (χ1v) is 7.51. The highest BCUT2D eigenvalue weighted by atomic mass is 16.5. The Kier molecular flexibility index (Phi) is 6.80. The molecule has 1 unspecified atom stereocenters. The van der Waals surface area contributed by atoms with Crippen molar-refractivity contribution < 1.29 is 9.53 Å². The van der Waals surface area contributed by atoms with E-state index in [1.54, 1.807) is 0 Å². The Morgan fingerprint density at radius 1 is 1.47 bits per heavy atom. The highest BCUT2D eigenvalue weighted by molar-refractivity contribution is 5.82. The van der Waals surface area contributed by atoms with Crippen molar-refractivity contribution in [1.29, 1.82) is 0 Å². The van der Waals surface area contributed by atoms with Crippen molar-refractivity contribution in [3.63, 3.8) is 0 Å². The van der Waals surface area contributed by atoms with Gasteiger partial charge in [-0.25, -0.2) is 0 Å². The molecule has 0 aliphatic carbocycles. The van der Waals surface area contributed by atoms with Crippen LogP contribution in [0.3, 0.4) is 0 Å². The van der Waals surface area contributed by atoms with Crippen LogP contribution < -0.4 is 10.6 Å². The first kappa shape index (κ1) is 16.4. The van der Waals surface area contributed by atoms with Gasteiger partial charge in [0.25, 0.3) is 0 Å². The summed E-state index contributed by atoms with van der Waals surface area (Å²) >= 11 is 0. The molecular formula is C15H30N2O2. The standard InChI is InChI=1S/C15H30N2O2/c1-12(2)11-19-9-8-17-14(18)15(3,4)13-6-5-7-16-10-13/h12-13,16H,5-11H2,1-4H3,(H,17,18). The van der Waals surface area contributed by atoms with E-state index in [-0.39, 0.29) is 11.3 Å². The van der Waals surface area contributed by atoms with Crippen LogP contribution in [-0.4, -0.2) is 38.8 Å². The normalized spacial score (nSPS) is 20.6. The van der Waals surface area contributed by atoms with E-state index in [2.05, 4.69) is 38.3 Å². The molecule has 1 rings (SSSR count). The predicted molar refractivity (Wildman–Crippen MR) is 78.0 cm³/mol. The van der Waals surface area contributed by atoms with Crippen LogP contribution in [0, 0.1) is 17.3 Å². The Hall–Kier alpha value is -0.610. The lowest BCUT2D eigenvalue weighted by atomic mass is 9.74. The Morgan fingerprint density at radius 3 is 2.79 bits per heavy atom. The van der Waals surface area contributed by atoms with E-state index >= 15 is 0 Å². The lowest BCUT2D eigenvalue weighted by molar-refractivity contribution is -0.132. The van der Waals surface area contributed by atoms with Crippen molar-refractivity contribution in [2.75, 3.05) is 32.8 Å². The fourth-order valence-electron chi connectivity index (χ4n) is 2.44. The summed E-state index contributed by atoms with van der Waals surface area (Å²) in [6.45, 7) is 12.3. The lowest BCUT2D eigenvalue weighted by Gasteiger charge is -2.36. The summed E-state index contributed by atoms with van der Waals surface area (Å²) in [5, 5.41) is 6.38. The zero-order chi connectivity index (χ0) is 14.3. The maximum absolute atomic E-state index is 12.3. The molecule has 0 radical (unpaired) electrons. The molecule has 0 bridgehead atoms. The van der Waals surface area contributed by atoms with Crippen LogP contribution >= 0.6 is 0 Å². The topological polar surface area (TPSA) is 50.4 Å². The molecule has 1 aliphatic heterocycles. The van der Waals surface area contributed by atoms with Crippen LogP contribution in [0.15, 0.2) is 0 Å². The Labute approximate surface area is 117 Å². The zero-order valence-corrected chi connectivity index (χ0v) is 12.9. The van der Waals surface area contributed by atoms with Gasteiger partial charge in [0.15, 0.2) is 0 Å². The van der Waals surface area contributed by atoms with E-state index in [0.29, 0.717) is 25.0 Å². The maximum atomic E-state index is 12.3. The second-order valence-electron chi connectivity index (χ2n) is 6.49. The van der Waals surface area contributed by atoms with E-state index in [4.69, 9.17) is 4.74 Å². The number of piperidine rings is 1. The summed E-state index contributed by atoms with van der Waals surface area (Å²) in [7, 11) is 0. The van der Waals surface area contributed by atoms with Crippen molar-refractivity contribution in [3.05, 3.63) is 0 Å². The molecule has 0 aromatic carbocycles. The molecule has 4 heteroatoms. The number of hydrogen-bond acceptors (Lipinski definition) is 3. The summed E-state index contributed by atoms with van der Waals surface area (Å²) in [6, 6.07) is 0. The van der Waals surface area contributed by atoms with Gasteiger partial charge in [0, 0.05) is 18.6 Å². The average Bonchev–Trinajstić information content (AvgIpc) is 2.38. The molecule has 1 fully saturated rings. The number of amides is 1. The van der Waals surface area contributed by atoms with Crippen LogP contribution in [0.2, 0.25) is 0 Å². The molecule has 1 amide bonds. The van der Waals surface area contributed by atoms with Crippen LogP contribution in [0.25, 0.3) is 0 Å². The molecule has 0 spiro atoms. The minimum Gasteiger partial charge on any atom is -0.379 e. The first-order valence-electron chi connectivity index (χ1n) is 7.51. The van der Waals surface area contributed by atoms with Crippen molar-refractivity contribution >= 4 is 5.91 Å². The number of hydrogen-bond donors (Lipinski definition) is 2. The van der Waals surface area contributed by atoms with Crippen molar-refractivity contribution in [2.24, 2.45) is 17.3 Å². The van der Waals surface area contributed by atoms with E-state index < -0.39 is 0 Å². The van der Waals surface area contributed by atoms with Gasteiger partial charge in [-0.2, -0.15) is 0 Å². The molecule has 1 atom stereocenters. The highest BCUT2D eigenvalue weighted by Gasteiger charge is 2.36. The number of nitrogens with one attached hydrogen (secondary N) is 2. The van der Waals surface area contributed by atoms with E-state index in [0.717, 1.165) is 26.1 Å². The summed E-state index contributed by atoms with van der Waals surface area (Å²) in [5.74, 6) is 1.12. The predicted octanol–water partition coefficient (Wildman–Crippen LogP) is 1.80. The largest absolute Gasteiger partial charge is 0.379 e. The Morgan fingerprint density at radius 2 is 2.21 bits per heavy atom. The summed E-state index contributed by atoms with van der Waals surface area (Å²) < 4.78 is 5.48. The molecule has 0 saturated carbocycles. The number of ether oxygens (including phenoxy) is 1. The molecule has 2 N–H and O–H groups in total. The molecule has 1 heterocycles. The zero-order valence-electron chi connectivity index (χ0n) is 12.9. The second kappa shape index (κ2) is 7.85. The van der Waals surface area contributed by atoms with Gasteiger partial charge in [0.1, 0.15) is 0 Å². The van der Waals surface area contributed by atoms with Crippen LogP contribution in [0.1, 0.15) is 40.5 Å². The van der Waals surface area contributed by atoms with Gasteiger partial charge in [-0.05, 0) is 37.8 Å². The minimum absolute atomic E-state index is 0.148. The molecule has 19 heavy (non-hydrogen) atoms. The maximum Gasteiger partial charge on any atom is 0.226 e. The summed E-state index contributed by atoms with van der Waals surface area (Å²) in [4.78, 5) is 12.3. The first-order chi connectivity index (χ1) is 8.94. The SMILES string of the molecule is CC(C)COCCNC(=O)C(C)(C)C1CCCNC1. The fourth-order valence-corrected chi connectivity index (χ4v) is 2.44. The summed E-state index contributed by atoms with van der Waals surface area (Å²) in [5.41, 5.74) is -0.300. The quantitative estimate of drug-likeness (QED) is 0.694. The smallest absolute Gasteiger partial charge is 0.226 e. The average molecular weight is 270 g/mol. The molecule has 4 nitrogen and oxygen atoms in total. The third-order valence-electron chi connectivity index (χ3n) is 3.89. The Balaban J connectivity index is 2.26. The minimum atomic E-state index is -0.300. The van der Waals surface area contributed by atoms with Crippen molar-refractivity contribution in [1.82, 2.24) is 10.6 Å². The van der Waals surface area contributed by atoms with Crippen molar-refractivity contribution in [2.45, 2.75) is 40.5 Å². The van der Waals surface area contributed by atoms with Gasteiger partial charge in [-0.15, -0.1) is 0 Å². The summed E-state index contributed by atoms with van der Waals surface area (Å²) in [6.07, 6.45) is 2.30. The third-order valence-corrected chi connectivity index (χ3v) is 3.89. The van der Waals surface area contributed by atoms with Crippen LogP contribution in [0.5, 0.6) is 0 Å². The molecule has 0 aromatic rings. The highest BCUT2D eigenvalue weighted by Crippen LogP contribution is 2.31. The van der Waals surface area contributed by atoms with Crippen molar-refractivity contribution in [3.8, 4) is 0 Å². The third kappa shape index (κ3) is 5.49. The molecule has 1 aliphatic rings. The molecular weight excluding hydrogens is 240 g/mol. The van der Waals surface area contributed by atoms with Gasteiger partial charge in [-0.3, -0.25) is 4.79 Å². The van der Waals surface area contributed by atoms with Gasteiger partial charge >= 0.3 is 0 Å². The number of rotatable bonds is 7. The van der Waals surface area contributed by atoms with E-state index in [9.17, 15) is 4.79 Å². The van der Waals surface area contributed by atoms with Crippen LogP contribution in [0.4, 0.5) is 0 Å². The Bertz CT molecular complexity index is 271. The van der Waals surface area contributed by atoms with Gasteiger partial charge in [0.2, 0.25) is 5.91 Å².